The van der Waals surface area contributed by atoms with Crippen molar-refractivity contribution in [2.24, 2.45) is 7.05 Å². The summed E-state index contributed by atoms with van der Waals surface area (Å²) in [6.45, 7) is 0.427. The van der Waals surface area contributed by atoms with E-state index in [4.69, 9.17) is 11.6 Å². The molecule has 126 valence electrons. The molecule has 0 amide bonds. The Hall–Kier alpha value is -1.80. The zero-order valence-corrected chi connectivity index (χ0v) is 13.7. The molecule has 2 aromatic heterocycles. The van der Waals surface area contributed by atoms with E-state index < -0.39 is 11.7 Å². The molecule has 1 N–H and O–H groups in total. The minimum atomic E-state index is -4.46. The number of alkyl halides is 3. The van der Waals surface area contributed by atoms with E-state index >= 15 is 0 Å². The molecule has 9 heteroatoms. The first-order valence-corrected chi connectivity index (χ1v) is 7.18. The highest BCUT2D eigenvalue weighted by Gasteiger charge is 2.31. The van der Waals surface area contributed by atoms with Crippen LogP contribution in [-0.4, -0.2) is 40.3 Å². The normalized spacial score (nSPS) is 13.4. The Morgan fingerprint density at radius 1 is 1.35 bits per heavy atom. The molecule has 0 fully saturated rings. The van der Waals surface area contributed by atoms with Gasteiger partial charge in [0.15, 0.2) is 0 Å². The van der Waals surface area contributed by atoms with Crippen molar-refractivity contribution in [1.29, 1.82) is 0 Å². The van der Waals surface area contributed by atoms with E-state index in [9.17, 15) is 13.2 Å². The van der Waals surface area contributed by atoms with Gasteiger partial charge < -0.3 is 10.2 Å². The van der Waals surface area contributed by atoms with Crippen LogP contribution in [0.2, 0.25) is 5.02 Å². The van der Waals surface area contributed by atoms with Crippen LogP contribution in [-0.2, 0) is 13.2 Å². The Bertz CT molecular complexity index is 669. The maximum absolute atomic E-state index is 12.6. The first-order chi connectivity index (χ1) is 10.7. The molecule has 0 saturated heterocycles. The van der Waals surface area contributed by atoms with Crippen molar-refractivity contribution in [1.82, 2.24) is 19.7 Å². The van der Waals surface area contributed by atoms with Gasteiger partial charge in [-0.25, -0.2) is 4.98 Å². The lowest BCUT2D eigenvalue weighted by atomic mass is 10.1. The maximum atomic E-state index is 12.6. The third kappa shape index (κ3) is 4.35. The van der Waals surface area contributed by atoms with Crippen molar-refractivity contribution < 1.29 is 13.2 Å². The van der Waals surface area contributed by atoms with Crippen LogP contribution in [0, 0.1) is 0 Å². The van der Waals surface area contributed by atoms with E-state index in [1.54, 1.807) is 10.9 Å². The van der Waals surface area contributed by atoms with Crippen molar-refractivity contribution in [3.63, 3.8) is 0 Å². The molecule has 0 aliphatic rings. The molecule has 1 atom stereocenters. The molecule has 5 nitrogen and oxygen atoms in total. The van der Waals surface area contributed by atoms with Crippen LogP contribution in [0.25, 0.3) is 0 Å². The van der Waals surface area contributed by atoms with Gasteiger partial charge in [-0.2, -0.15) is 18.3 Å². The highest BCUT2D eigenvalue weighted by atomic mass is 35.5. The SMILES string of the molecule is CN(C)C(CNc1ncc(C(F)(F)F)cc1Cl)c1cnn(C)c1. The fourth-order valence-electron chi connectivity index (χ4n) is 2.13. The molecule has 23 heavy (non-hydrogen) atoms. The predicted octanol–water partition coefficient (Wildman–Crippen LogP) is 3.20. The summed E-state index contributed by atoms with van der Waals surface area (Å²) in [7, 11) is 5.63. The van der Waals surface area contributed by atoms with E-state index in [-0.39, 0.29) is 16.9 Å². The second-order valence-corrected chi connectivity index (χ2v) is 5.77. The van der Waals surface area contributed by atoms with Gasteiger partial charge in [0.2, 0.25) is 0 Å². The number of aryl methyl sites for hydroxylation is 1. The summed E-state index contributed by atoms with van der Waals surface area (Å²) < 4.78 is 39.5. The lowest BCUT2D eigenvalue weighted by molar-refractivity contribution is -0.137. The molecule has 0 spiro atoms. The quantitative estimate of drug-likeness (QED) is 0.902. The van der Waals surface area contributed by atoms with E-state index in [1.165, 1.54) is 0 Å². The highest BCUT2D eigenvalue weighted by Crippen LogP contribution is 2.32. The Labute approximate surface area is 137 Å². The largest absolute Gasteiger partial charge is 0.417 e. The van der Waals surface area contributed by atoms with Crippen LogP contribution in [0.5, 0.6) is 0 Å². The summed E-state index contributed by atoms with van der Waals surface area (Å²) >= 11 is 5.89. The predicted molar refractivity (Wildman–Crippen MR) is 82.4 cm³/mol. The molecule has 1 unspecified atom stereocenters. The number of hydrogen-bond donors (Lipinski definition) is 1. The number of pyridine rings is 1. The molecule has 0 aliphatic carbocycles. The van der Waals surface area contributed by atoms with E-state index in [1.807, 2.05) is 32.2 Å². The lowest BCUT2D eigenvalue weighted by Crippen LogP contribution is -2.27. The lowest BCUT2D eigenvalue weighted by Gasteiger charge is -2.24. The van der Waals surface area contributed by atoms with Gasteiger partial charge in [0.1, 0.15) is 5.82 Å². The Balaban J connectivity index is 2.12. The second kappa shape index (κ2) is 6.76. The van der Waals surface area contributed by atoms with E-state index in [2.05, 4.69) is 15.4 Å². The van der Waals surface area contributed by atoms with Crippen LogP contribution < -0.4 is 5.32 Å². The van der Waals surface area contributed by atoms with E-state index in [0.29, 0.717) is 6.54 Å². The fraction of sp³-hybridized carbons (Fsp3) is 0.429. The van der Waals surface area contributed by atoms with Gasteiger partial charge in [0, 0.05) is 31.5 Å². The molecule has 0 aromatic carbocycles. The smallest absolute Gasteiger partial charge is 0.367 e. The van der Waals surface area contributed by atoms with Crippen LogP contribution in [0.15, 0.2) is 24.7 Å². The number of nitrogens with zero attached hydrogens (tertiary/aromatic N) is 4. The topological polar surface area (TPSA) is 46.0 Å². The summed E-state index contributed by atoms with van der Waals surface area (Å²) in [5.74, 6) is 0.218. The minimum absolute atomic E-state index is 0.0242. The Morgan fingerprint density at radius 2 is 2.04 bits per heavy atom. The number of hydrogen-bond acceptors (Lipinski definition) is 4. The molecule has 2 heterocycles. The van der Waals surface area contributed by atoms with Crippen LogP contribution in [0.1, 0.15) is 17.2 Å². The van der Waals surface area contributed by atoms with Gasteiger partial charge >= 0.3 is 6.18 Å². The third-order valence-electron chi connectivity index (χ3n) is 3.36. The number of aromatic nitrogens is 3. The van der Waals surface area contributed by atoms with Crippen molar-refractivity contribution >= 4 is 17.4 Å². The van der Waals surface area contributed by atoms with Gasteiger partial charge in [-0.15, -0.1) is 0 Å². The Kier molecular flexibility index (Phi) is 5.16. The number of likely N-dealkylation sites (N-methyl/N-ethyl adjacent to an activating group) is 1. The summed E-state index contributed by atoms with van der Waals surface area (Å²) in [4.78, 5) is 5.75. The fourth-order valence-corrected chi connectivity index (χ4v) is 2.36. The van der Waals surface area contributed by atoms with Gasteiger partial charge in [0.05, 0.1) is 22.8 Å². The van der Waals surface area contributed by atoms with Crippen molar-refractivity contribution in [2.75, 3.05) is 26.0 Å². The monoisotopic (exact) mass is 347 g/mol. The summed E-state index contributed by atoms with van der Waals surface area (Å²) in [6, 6.07) is 0.842. The number of halogens is 4. The van der Waals surface area contributed by atoms with Crippen LogP contribution in [0.4, 0.5) is 19.0 Å². The molecule has 0 aliphatic heterocycles. The van der Waals surface area contributed by atoms with Crippen molar-refractivity contribution in [3.05, 3.63) is 40.8 Å². The first-order valence-electron chi connectivity index (χ1n) is 6.80. The van der Waals surface area contributed by atoms with E-state index in [0.717, 1.165) is 17.8 Å². The number of anilines is 1. The summed E-state index contributed by atoms with van der Waals surface area (Å²) in [6.07, 6.45) is -0.0672. The zero-order chi connectivity index (χ0) is 17.2. The first kappa shape index (κ1) is 17.6. The van der Waals surface area contributed by atoms with Crippen molar-refractivity contribution in [3.8, 4) is 0 Å². The molecule has 0 bridgehead atoms. The Morgan fingerprint density at radius 3 is 2.52 bits per heavy atom. The van der Waals surface area contributed by atoms with Gasteiger partial charge in [-0.3, -0.25) is 4.68 Å². The highest BCUT2D eigenvalue weighted by molar-refractivity contribution is 6.32. The third-order valence-corrected chi connectivity index (χ3v) is 3.65. The van der Waals surface area contributed by atoms with Crippen molar-refractivity contribution in [2.45, 2.75) is 12.2 Å². The number of rotatable bonds is 5. The second-order valence-electron chi connectivity index (χ2n) is 5.36. The van der Waals surface area contributed by atoms with Gasteiger partial charge in [-0.1, -0.05) is 11.6 Å². The standard InChI is InChI=1S/C14H17ClF3N5/c1-22(2)12(9-5-21-23(3)8-9)7-20-13-11(15)4-10(6-19-13)14(16,17)18/h4-6,8,12H,7H2,1-3H3,(H,19,20). The average Bonchev–Trinajstić information content (AvgIpc) is 2.85. The molecule has 0 saturated carbocycles. The molecular formula is C14H17ClF3N5. The number of nitrogens with one attached hydrogen (secondary N) is 1. The molecule has 2 aromatic rings. The zero-order valence-electron chi connectivity index (χ0n) is 12.9. The molecule has 2 rings (SSSR count). The average molecular weight is 348 g/mol. The molecular weight excluding hydrogens is 331 g/mol. The van der Waals surface area contributed by atoms with Crippen LogP contribution in [0.3, 0.4) is 0 Å². The summed E-state index contributed by atoms with van der Waals surface area (Å²) in [5.41, 5.74) is 0.109. The van der Waals surface area contributed by atoms with Gasteiger partial charge in [0.25, 0.3) is 0 Å². The minimum Gasteiger partial charge on any atom is -0.367 e. The molecule has 0 radical (unpaired) electrons. The van der Waals surface area contributed by atoms with Gasteiger partial charge in [-0.05, 0) is 20.2 Å². The maximum Gasteiger partial charge on any atom is 0.417 e. The summed E-state index contributed by atoms with van der Waals surface area (Å²) in [5, 5.41) is 7.05. The van der Waals surface area contributed by atoms with Crippen LogP contribution >= 0.6 is 11.6 Å².